The first kappa shape index (κ1) is 45.0. The van der Waals surface area contributed by atoms with Crippen molar-refractivity contribution in [2.75, 3.05) is 20.3 Å². The van der Waals surface area contributed by atoms with Crippen LogP contribution in [-0.4, -0.2) is 140 Å². The molecule has 4 aliphatic rings. The molecule has 322 valence electrons. The zero-order valence-corrected chi connectivity index (χ0v) is 33.5. The van der Waals surface area contributed by atoms with Gasteiger partial charge in [0.25, 0.3) is 11.6 Å². The lowest BCUT2D eigenvalue weighted by molar-refractivity contribution is -0.386. The number of benzene rings is 1. The first-order valence-electron chi connectivity index (χ1n) is 18.5. The molecule has 1 aromatic carbocycles. The minimum absolute atomic E-state index is 0.117. The molecule has 0 unspecified atom stereocenters. The zero-order valence-electron chi connectivity index (χ0n) is 33.5. The van der Waals surface area contributed by atoms with Crippen molar-refractivity contribution in [1.29, 1.82) is 5.26 Å². The van der Waals surface area contributed by atoms with Crippen LogP contribution in [0.1, 0.15) is 66.7 Å². The van der Waals surface area contributed by atoms with Crippen molar-refractivity contribution in [3.63, 3.8) is 0 Å². The Morgan fingerprint density at radius 2 is 1.53 bits per heavy atom. The van der Waals surface area contributed by atoms with Gasteiger partial charge >= 0.3 is 29.8 Å². The Morgan fingerprint density at radius 3 is 2.08 bits per heavy atom. The van der Waals surface area contributed by atoms with Gasteiger partial charge < -0.3 is 56.8 Å². The van der Waals surface area contributed by atoms with E-state index in [0.29, 0.717) is 10.5 Å². The van der Waals surface area contributed by atoms with Gasteiger partial charge in [-0.2, -0.15) is 5.26 Å². The third-order valence-electron chi connectivity index (χ3n) is 9.65. The lowest BCUT2D eigenvalue weighted by atomic mass is 9.86. The fourth-order valence-electron chi connectivity index (χ4n) is 7.50. The Labute approximate surface area is 338 Å². The van der Waals surface area contributed by atoms with Crippen LogP contribution in [0.3, 0.4) is 0 Å². The van der Waals surface area contributed by atoms with Gasteiger partial charge in [-0.15, -0.1) is 0 Å². The van der Waals surface area contributed by atoms with Crippen LogP contribution in [0.2, 0.25) is 0 Å². The largest absolute Gasteiger partial charge is 0.465 e. The zero-order chi connectivity index (χ0) is 43.4. The molecule has 21 nitrogen and oxygen atoms in total. The summed E-state index contributed by atoms with van der Waals surface area (Å²) in [5.41, 5.74) is 0.591. The van der Waals surface area contributed by atoms with Gasteiger partial charge in [-0.05, 0) is 0 Å². The summed E-state index contributed by atoms with van der Waals surface area (Å²) < 4.78 is 70.9. The fraction of sp³-hybridized carbons (Fsp3) is 0.632. The van der Waals surface area contributed by atoms with Crippen LogP contribution in [0.25, 0.3) is 0 Å². The Morgan fingerprint density at radius 1 is 0.864 bits per heavy atom. The van der Waals surface area contributed by atoms with E-state index >= 15 is 0 Å². The number of hydrogen-bond donors (Lipinski definition) is 0. The van der Waals surface area contributed by atoms with E-state index in [4.69, 9.17) is 56.8 Å². The first-order valence-corrected chi connectivity index (χ1v) is 18.5. The van der Waals surface area contributed by atoms with Gasteiger partial charge in [-0.25, -0.2) is 4.79 Å². The Bertz CT molecular complexity index is 1810. The van der Waals surface area contributed by atoms with Crippen LogP contribution >= 0.6 is 0 Å². The van der Waals surface area contributed by atoms with E-state index in [-0.39, 0.29) is 6.61 Å². The molecule has 0 aliphatic carbocycles. The molecule has 4 heterocycles. The number of nitriles is 1. The molecule has 4 saturated heterocycles. The van der Waals surface area contributed by atoms with Crippen LogP contribution in [-0.2, 0) is 90.4 Å². The van der Waals surface area contributed by atoms with Crippen LogP contribution in [0.5, 0.6) is 0 Å². The molecular weight excluding hydrogens is 788 g/mol. The van der Waals surface area contributed by atoms with Gasteiger partial charge in [0.1, 0.15) is 55.3 Å². The summed E-state index contributed by atoms with van der Waals surface area (Å²) in [5.74, 6) is -11.6. The van der Waals surface area contributed by atoms with E-state index in [9.17, 15) is 38.8 Å². The van der Waals surface area contributed by atoms with E-state index in [1.54, 1.807) is 30.3 Å². The van der Waals surface area contributed by atoms with Gasteiger partial charge in [-0.1, -0.05) is 30.3 Å². The van der Waals surface area contributed by atoms with Crippen molar-refractivity contribution in [1.82, 2.24) is 4.90 Å². The van der Waals surface area contributed by atoms with E-state index in [1.807, 2.05) is 6.07 Å². The molecule has 5 rings (SSSR count). The smallest absolute Gasteiger partial charge is 0.366 e. The molecule has 59 heavy (non-hydrogen) atoms. The van der Waals surface area contributed by atoms with E-state index in [0.717, 1.165) is 48.7 Å². The molecule has 4 aliphatic heterocycles. The molecule has 0 aromatic heterocycles. The standard InChI is InChI=1S/C38H46N2O19/c1-18(41)40(19(2)42)28-25(51-21(4)44)14-38(36(47)48-8,57-31(28)29(53-23(6)46)26(52-22(5)45)15-49-20(3)43)58-32-30-27(54-35-33(32)56-37(7,17-39)59-35)16-50-34(55-30)24-12-10-9-11-13-24/h9-13,25-35H,14-16H2,1-8H3/t25-,26+,27+,28+,29+,30-,31+,32-,33+,34-,35+,37+,38-/m0/s1. The molecule has 2 amide bonds. The van der Waals surface area contributed by atoms with Crippen molar-refractivity contribution in [2.24, 2.45) is 0 Å². The average molecular weight is 835 g/mol. The van der Waals surface area contributed by atoms with Gasteiger partial charge in [-0.3, -0.25) is 33.7 Å². The monoisotopic (exact) mass is 834 g/mol. The number of fused-ring (bicyclic) bond motifs is 2. The van der Waals surface area contributed by atoms with Crippen molar-refractivity contribution in [3.8, 4) is 6.07 Å². The van der Waals surface area contributed by atoms with E-state index in [2.05, 4.69) is 0 Å². The second kappa shape index (κ2) is 18.5. The van der Waals surface area contributed by atoms with Crippen molar-refractivity contribution < 1.29 is 90.4 Å². The second-order valence-electron chi connectivity index (χ2n) is 14.2. The Balaban J connectivity index is 1.72. The third kappa shape index (κ3) is 10.0. The normalized spacial score (nSPS) is 33.3. The highest BCUT2D eigenvalue weighted by molar-refractivity contribution is 5.93. The number of methoxy groups -OCH3 is 1. The Hall–Kier alpha value is -5.08. The summed E-state index contributed by atoms with van der Waals surface area (Å²) in [6, 6.07) is 8.93. The number of imide groups is 1. The van der Waals surface area contributed by atoms with Crippen LogP contribution in [0.15, 0.2) is 30.3 Å². The topological polar surface area (TPSA) is 257 Å². The number of esters is 5. The maximum Gasteiger partial charge on any atom is 0.366 e. The average Bonchev–Trinajstić information content (AvgIpc) is 3.51. The molecule has 4 fully saturated rings. The fourth-order valence-corrected chi connectivity index (χ4v) is 7.50. The van der Waals surface area contributed by atoms with Crippen molar-refractivity contribution >= 4 is 41.7 Å². The van der Waals surface area contributed by atoms with Crippen LogP contribution in [0, 0.1) is 11.3 Å². The maximum atomic E-state index is 14.4. The predicted octanol–water partition coefficient (Wildman–Crippen LogP) is 0.646. The summed E-state index contributed by atoms with van der Waals surface area (Å²) in [6.45, 7) is 6.50. The second-order valence-corrected chi connectivity index (χ2v) is 14.2. The lowest BCUT2D eigenvalue weighted by Gasteiger charge is -2.53. The number of nitrogens with zero attached hydrogens (tertiary/aromatic N) is 2. The number of carbonyl (C=O) groups excluding carboxylic acids is 7. The summed E-state index contributed by atoms with van der Waals surface area (Å²) in [5, 5.41) is 9.99. The molecule has 0 radical (unpaired) electrons. The molecule has 0 bridgehead atoms. The van der Waals surface area contributed by atoms with Gasteiger partial charge in [0.2, 0.25) is 11.8 Å². The highest BCUT2D eigenvalue weighted by atomic mass is 16.9. The van der Waals surface area contributed by atoms with E-state index < -0.39 is 134 Å². The first-order chi connectivity index (χ1) is 27.8. The molecule has 13 atom stereocenters. The molecular formula is C38H46N2O19. The summed E-state index contributed by atoms with van der Waals surface area (Å²) >= 11 is 0. The number of carbonyl (C=O) groups is 7. The predicted molar refractivity (Wildman–Crippen MR) is 188 cm³/mol. The number of ether oxygens (including phenoxy) is 12. The molecule has 0 spiro atoms. The quantitative estimate of drug-likeness (QED) is 0.207. The molecule has 21 heteroatoms. The molecule has 0 saturated carbocycles. The molecule has 1 aromatic rings. The number of amides is 2. The summed E-state index contributed by atoms with van der Waals surface area (Å²) in [6.07, 6.45) is -15.6. The number of rotatable bonds is 12. The lowest BCUT2D eigenvalue weighted by Crippen LogP contribution is -2.72. The highest BCUT2D eigenvalue weighted by Crippen LogP contribution is 2.46. The SMILES string of the molecule is COC(=O)[C@@]1(O[C@H]2[C@H]3O[C@@H](c4ccccc4)OC[C@H]3O[C@@H]3O[C@](C)(C#N)O[C@@H]32)C[C@H](OC(C)=O)[C@@H](N(C(C)=O)C(C)=O)[C@H]([C@H](OC(C)=O)[C@@H](COC(C)=O)OC(C)=O)O1. The van der Waals surface area contributed by atoms with E-state index in [1.165, 1.54) is 6.92 Å². The van der Waals surface area contributed by atoms with Crippen LogP contribution in [0.4, 0.5) is 0 Å². The minimum Gasteiger partial charge on any atom is -0.465 e. The highest BCUT2D eigenvalue weighted by Gasteiger charge is 2.66. The van der Waals surface area contributed by atoms with Crippen molar-refractivity contribution in [3.05, 3.63) is 35.9 Å². The van der Waals surface area contributed by atoms with Crippen LogP contribution < -0.4 is 0 Å². The molecule has 0 N–H and O–H groups in total. The van der Waals surface area contributed by atoms with Crippen molar-refractivity contribution in [2.45, 2.75) is 134 Å². The summed E-state index contributed by atoms with van der Waals surface area (Å²) in [4.78, 5) is 91.8. The Kier molecular flexibility index (Phi) is 14.1. The maximum absolute atomic E-state index is 14.4. The van der Waals surface area contributed by atoms with Gasteiger partial charge in [0.05, 0.1) is 20.1 Å². The number of hydrogen-bond acceptors (Lipinski definition) is 20. The third-order valence-corrected chi connectivity index (χ3v) is 9.65. The summed E-state index contributed by atoms with van der Waals surface area (Å²) in [7, 11) is 0.982. The minimum atomic E-state index is -2.77. The van der Waals surface area contributed by atoms with Gasteiger partial charge in [0, 0.05) is 54.0 Å². The van der Waals surface area contributed by atoms with Gasteiger partial charge in [0.15, 0.2) is 24.8 Å².